The lowest BCUT2D eigenvalue weighted by Gasteiger charge is -2.14. The molecule has 1 N–H and O–H groups in total. The molecule has 2 aliphatic rings. The fourth-order valence-electron chi connectivity index (χ4n) is 4.21. The predicted molar refractivity (Wildman–Crippen MR) is 134 cm³/mol. The highest BCUT2D eigenvalue weighted by atomic mass is 16.2. The van der Waals surface area contributed by atoms with Crippen molar-refractivity contribution in [2.75, 3.05) is 10.2 Å². The van der Waals surface area contributed by atoms with Crippen LogP contribution in [0, 0.1) is 5.92 Å². The lowest BCUT2D eigenvalue weighted by molar-refractivity contribution is -0.122. The van der Waals surface area contributed by atoms with E-state index in [4.69, 9.17) is 0 Å². The minimum Gasteiger partial charge on any atom is -0.322 e. The van der Waals surface area contributed by atoms with E-state index < -0.39 is 5.92 Å². The summed E-state index contributed by atoms with van der Waals surface area (Å²) in [5.74, 6) is -1.24. The number of nitrogens with one attached hydrogen (secondary N) is 1. The summed E-state index contributed by atoms with van der Waals surface area (Å²) < 4.78 is 0. The predicted octanol–water partition coefficient (Wildman–Crippen LogP) is 6.12. The summed E-state index contributed by atoms with van der Waals surface area (Å²) in [6, 6.07) is 22.9. The summed E-state index contributed by atoms with van der Waals surface area (Å²) in [4.78, 5) is 39.7. The Kier molecular flexibility index (Phi) is 5.89. The first-order valence-electron chi connectivity index (χ1n) is 11.2. The average Bonchev–Trinajstić information content (AvgIpc) is 3.15. The van der Waals surface area contributed by atoms with Crippen LogP contribution in [0.3, 0.4) is 0 Å². The van der Waals surface area contributed by atoms with Gasteiger partial charge in [0.1, 0.15) is 0 Å². The second-order valence-corrected chi connectivity index (χ2v) is 8.35. The summed E-state index contributed by atoms with van der Waals surface area (Å²) in [7, 11) is 0. The van der Waals surface area contributed by atoms with Gasteiger partial charge in [-0.15, -0.1) is 0 Å². The molecule has 0 aromatic heterocycles. The van der Waals surface area contributed by atoms with E-state index >= 15 is 0 Å². The minimum absolute atomic E-state index is 0.226. The standard InChI is InChI=1S/C28H22N4O3/c1-18-6-5-9-24-25(18)28(35)32(27(24)34)23-16-10-19(11-17-23)26(33)29-20-12-14-22(15-13-20)31-30-21-7-3-2-4-8-21/h2-8,10-17,24H,9H2,1H3,(H,29,33). The van der Waals surface area contributed by atoms with Crippen molar-refractivity contribution in [3.63, 3.8) is 0 Å². The topological polar surface area (TPSA) is 91.2 Å². The first-order valence-corrected chi connectivity index (χ1v) is 11.2. The van der Waals surface area contributed by atoms with Gasteiger partial charge in [-0.05, 0) is 79.6 Å². The Bertz CT molecular complexity index is 1390. The van der Waals surface area contributed by atoms with Crippen LogP contribution in [0.15, 0.2) is 112 Å². The molecule has 1 atom stereocenters. The number of fused-ring (bicyclic) bond motifs is 1. The van der Waals surface area contributed by atoms with Gasteiger partial charge in [0.05, 0.1) is 23.0 Å². The fourth-order valence-corrected chi connectivity index (χ4v) is 4.21. The zero-order valence-electron chi connectivity index (χ0n) is 19.0. The van der Waals surface area contributed by atoms with Crippen molar-refractivity contribution in [1.29, 1.82) is 0 Å². The van der Waals surface area contributed by atoms with Gasteiger partial charge in [-0.25, -0.2) is 4.90 Å². The molecule has 0 bridgehead atoms. The van der Waals surface area contributed by atoms with Crippen LogP contribution in [-0.2, 0) is 9.59 Å². The first kappa shape index (κ1) is 22.2. The Labute approximate surface area is 202 Å². The van der Waals surface area contributed by atoms with Crippen LogP contribution in [0.4, 0.5) is 22.7 Å². The second-order valence-electron chi connectivity index (χ2n) is 8.35. The third-order valence-electron chi connectivity index (χ3n) is 6.01. The van der Waals surface area contributed by atoms with Gasteiger partial charge in [-0.1, -0.05) is 30.4 Å². The van der Waals surface area contributed by atoms with Crippen LogP contribution in [0.5, 0.6) is 0 Å². The number of azo groups is 1. The van der Waals surface area contributed by atoms with Crippen LogP contribution in [0.1, 0.15) is 23.7 Å². The molecule has 7 heteroatoms. The Balaban J connectivity index is 1.25. The van der Waals surface area contributed by atoms with Gasteiger partial charge in [-0.3, -0.25) is 14.4 Å². The molecule has 1 aliphatic carbocycles. The maximum atomic E-state index is 12.9. The van der Waals surface area contributed by atoms with Gasteiger partial charge >= 0.3 is 0 Å². The zero-order chi connectivity index (χ0) is 24.4. The number of nitrogens with zero attached hydrogens (tertiary/aromatic N) is 3. The van der Waals surface area contributed by atoms with E-state index in [0.717, 1.165) is 11.3 Å². The van der Waals surface area contributed by atoms with Crippen LogP contribution >= 0.6 is 0 Å². The SMILES string of the molecule is CC1=C2C(=O)N(c3ccc(C(=O)Nc4ccc(N=Nc5ccccc5)cc4)cc3)C(=O)C2CC=C1. The molecule has 1 aliphatic heterocycles. The number of hydrogen-bond donors (Lipinski definition) is 1. The number of hydrogen-bond acceptors (Lipinski definition) is 5. The molecule has 3 aromatic rings. The zero-order valence-corrected chi connectivity index (χ0v) is 19.0. The monoisotopic (exact) mass is 462 g/mol. The Morgan fingerprint density at radius 3 is 2.20 bits per heavy atom. The van der Waals surface area contributed by atoms with Crippen LogP contribution < -0.4 is 10.2 Å². The molecule has 7 nitrogen and oxygen atoms in total. The largest absolute Gasteiger partial charge is 0.322 e. The lowest BCUT2D eigenvalue weighted by atomic mass is 9.89. The third-order valence-corrected chi connectivity index (χ3v) is 6.01. The number of allylic oxidation sites excluding steroid dienone is 3. The van der Waals surface area contributed by atoms with E-state index in [-0.39, 0.29) is 17.7 Å². The van der Waals surface area contributed by atoms with E-state index in [2.05, 4.69) is 15.5 Å². The van der Waals surface area contributed by atoms with Crippen LogP contribution in [-0.4, -0.2) is 17.7 Å². The van der Waals surface area contributed by atoms with Gasteiger partial charge in [0.2, 0.25) is 5.91 Å². The molecule has 35 heavy (non-hydrogen) atoms. The van der Waals surface area contributed by atoms with E-state index in [9.17, 15) is 14.4 Å². The molecular formula is C28H22N4O3. The quantitative estimate of drug-likeness (QED) is 0.366. The number of benzene rings is 3. The normalized spacial score (nSPS) is 17.3. The molecule has 0 saturated carbocycles. The molecule has 0 spiro atoms. The molecule has 0 radical (unpaired) electrons. The van der Waals surface area contributed by atoms with Crippen LogP contribution in [0.25, 0.3) is 0 Å². The van der Waals surface area contributed by atoms with E-state index in [1.165, 1.54) is 4.90 Å². The van der Waals surface area contributed by atoms with Gasteiger partial charge in [-0.2, -0.15) is 10.2 Å². The maximum Gasteiger partial charge on any atom is 0.262 e. The van der Waals surface area contributed by atoms with Gasteiger partial charge < -0.3 is 5.32 Å². The third kappa shape index (κ3) is 4.44. The maximum absolute atomic E-state index is 12.9. The molecule has 3 aromatic carbocycles. The summed E-state index contributed by atoms with van der Waals surface area (Å²) in [6.45, 7) is 1.85. The Hall–Kier alpha value is -4.65. The van der Waals surface area contributed by atoms with Crippen molar-refractivity contribution < 1.29 is 14.4 Å². The summed E-state index contributed by atoms with van der Waals surface area (Å²) >= 11 is 0. The number of anilines is 2. The number of carbonyl (C=O) groups is 3. The van der Waals surface area contributed by atoms with Crippen LogP contribution in [0.2, 0.25) is 0 Å². The number of carbonyl (C=O) groups excluding carboxylic acids is 3. The van der Waals surface area contributed by atoms with E-state index in [1.54, 1.807) is 48.5 Å². The summed E-state index contributed by atoms with van der Waals surface area (Å²) in [5.41, 5.74) is 4.29. The molecule has 1 fully saturated rings. The highest BCUT2D eigenvalue weighted by Gasteiger charge is 2.45. The Morgan fingerprint density at radius 2 is 1.54 bits per heavy atom. The van der Waals surface area contributed by atoms with E-state index in [1.807, 2.05) is 49.4 Å². The lowest BCUT2D eigenvalue weighted by Crippen LogP contribution is -2.30. The van der Waals surface area contributed by atoms with E-state index in [0.29, 0.717) is 34.6 Å². The van der Waals surface area contributed by atoms with Crippen molar-refractivity contribution in [2.45, 2.75) is 13.3 Å². The summed E-state index contributed by atoms with van der Waals surface area (Å²) in [6.07, 6.45) is 4.33. The average molecular weight is 463 g/mol. The smallest absolute Gasteiger partial charge is 0.262 e. The molecular weight excluding hydrogens is 440 g/mol. The first-order chi connectivity index (χ1) is 17.0. The highest BCUT2D eigenvalue weighted by Crippen LogP contribution is 2.37. The molecule has 1 saturated heterocycles. The van der Waals surface area contributed by atoms with Gasteiger partial charge in [0.15, 0.2) is 0 Å². The molecule has 5 rings (SSSR count). The molecule has 3 amide bonds. The van der Waals surface area contributed by atoms with Crippen molar-refractivity contribution in [1.82, 2.24) is 0 Å². The number of amides is 3. The molecule has 1 heterocycles. The second kappa shape index (κ2) is 9.30. The van der Waals surface area contributed by atoms with Gasteiger partial charge in [0.25, 0.3) is 11.8 Å². The Morgan fingerprint density at radius 1 is 0.886 bits per heavy atom. The van der Waals surface area contributed by atoms with Crippen molar-refractivity contribution >= 4 is 40.5 Å². The highest BCUT2D eigenvalue weighted by molar-refractivity contribution is 6.30. The minimum atomic E-state index is -0.425. The van der Waals surface area contributed by atoms with Crippen molar-refractivity contribution in [3.05, 3.63) is 108 Å². The van der Waals surface area contributed by atoms with Gasteiger partial charge in [0, 0.05) is 16.8 Å². The van der Waals surface area contributed by atoms with Crippen molar-refractivity contribution in [3.8, 4) is 0 Å². The fraction of sp³-hybridized carbons (Fsp3) is 0.107. The molecule has 172 valence electrons. The van der Waals surface area contributed by atoms with Crippen molar-refractivity contribution in [2.24, 2.45) is 16.1 Å². The summed E-state index contributed by atoms with van der Waals surface area (Å²) in [5, 5.41) is 11.2. The number of imide groups is 1. The number of rotatable bonds is 5. The molecule has 1 unspecified atom stereocenters.